The van der Waals surface area contributed by atoms with Crippen LogP contribution in [0.2, 0.25) is 0 Å². The second kappa shape index (κ2) is 6.50. The Bertz CT molecular complexity index is 981. The number of Topliss-reactive ketones (excluding diaryl/α,β-unsaturated/α-hetero) is 2. The maximum atomic E-state index is 12.4. The minimum atomic E-state index is -0.259. The molecule has 0 saturated heterocycles. The zero-order valence-corrected chi connectivity index (χ0v) is 15.3. The molecule has 3 aromatic rings. The molecule has 0 spiro atoms. The molecular formula is C20H11BrO3S. The van der Waals surface area contributed by atoms with Gasteiger partial charge in [0.1, 0.15) is 5.76 Å². The summed E-state index contributed by atoms with van der Waals surface area (Å²) in [6, 6.07) is 18.4. The molecule has 4 rings (SSSR count). The molecule has 2 aromatic carbocycles. The van der Waals surface area contributed by atoms with Gasteiger partial charge in [0, 0.05) is 16.0 Å². The summed E-state index contributed by atoms with van der Waals surface area (Å²) < 4.78 is 6.59. The lowest BCUT2D eigenvalue weighted by Crippen LogP contribution is -1.99. The summed E-state index contributed by atoms with van der Waals surface area (Å²) in [6.45, 7) is 0. The van der Waals surface area contributed by atoms with Crippen LogP contribution in [0.1, 0.15) is 26.5 Å². The van der Waals surface area contributed by atoms with Crippen LogP contribution in [-0.2, 0) is 0 Å². The number of fused-ring (bicyclic) bond motifs is 1. The summed E-state index contributed by atoms with van der Waals surface area (Å²) in [5.41, 5.74) is 1.03. The van der Waals surface area contributed by atoms with E-state index in [0.29, 0.717) is 22.0 Å². The van der Waals surface area contributed by atoms with Gasteiger partial charge in [-0.05, 0) is 40.2 Å². The fraction of sp³-hybridized carbons (Fsp3) is 0. The number of hydrogen-bond donors (Lipinski definition) is 0. The lowest BCUT2D eigenvalue weighted by atomic mass is 10.1. The van der Waals surface area contributed by atoms with Crippen LogP contribution in [0.25, 0.3) is 6.08 Å². The Hall–Kier alpha value is -2.37. The van der Waals surface area contributed by atoms with E-state index in [9.17, 15) is 9.59 Å². The maximum absolute atomic E-state index is 12.4. The number of furan rings is 1. The minimum absolute atomic E-state index is 0.138. The number of halogens is 1. The second-order valence-electron chi connectivity index (χ2n) is 5.46. The van der Waals surface area contributed by atoms with Crippen molar-refractivity contribution < 1.29 is 14.0 Å². The number of carbonyl (C=O) groups is 2. The van der Waals surface area contributed by atoms with Crippen LogP contribution in [0.4, 0.5) is 0 Å². The van der Waals surface area contributed by atoms with Gasteiger partial charge in [-0.1, -0.05) is 54.2 Å². The lowest BCUT2D eigenvalue weighted by molar-refractivity contribution is 0.0990. The van der Waals surface area contributed by atoms with E-state index in [2.05, 4.69) is 15.9 Å². The maximum Gasteiger partial charge on any atom is 0.197 e. The molecule has 0 radical (unpaired) electrons. The standard InChI is InChI=1S/C20H11BrO3S/c21-17-11-12(24-20(17)25-13-6-2-1-3-7-13)10-16-18(22)14-8-4-5-9-15(14)19(16)23/h1-11H. The van der Waals surface area contributed by atoms with Crippen molar-refractivity contribution in [2.45, 2.75) is 9.99 Å². The molecule has 0 N–H and O–H groups in total. The van der Waals surface area contributed by atoms with E-state index in [1.807, 2.05) is 30.3 Å². The number of carbonyl (C=O) groups excluding carboxylic acids is 2. The molecule has 0 bridgehead atoms. The van der Waals surface area contributed by atoms with Gasteiger partial charge in [-0.25, -0.2) is 0 Å². The van der Waals surface area contributed by atoms with Gasteiger partial charge < -0.3 is 4.42 Å². The molecule has 5 heteroatoms. The van der Waals surface area contributed by atoms with Crippen molar-refractivity contribution in [1.29, 1.82) is 0 Å². The average molecular weight is 411 g/mol. The summed E-state index contributed by atoms with van der Waals surface area (Å²) >= 11 is 4.94. The first-order valence-corrected chi connectivity index (χ1v) is 9.17. The Morgan fingerprint density at radius 2 is 1.48 bits per heavy atom. The van der Waals surface area contributed by atoms with Crippen molar-refractivity contribution in [3.63, 3.8) is 0 Å². The van der Waals surface area contributed by atoms with Gasteiger partial charge in [-0.15, -0.1) is 0 Å². The summed E-state index contributed by atoms with van der Waals surface area (Å²) in [6.07, 6.45) is 1.52. The third-order valence-corrected chi connectivity index (χ3v) is 5.67. The van der Waals surface area contributed by atoms with Crippen molar-refractivity contribution in [3.05, 3.63) is 87.6 Å². The number of allylic oxidation sites excluding steroid dienone is 1. The Morgan fingerprint density at radius 3 is 2.12 bits per heavy atom. The smallest absolute Gasteiger partial charge is 0.197 e. The van der Waals surface area contributed by atoms with Crippen LogP contribution in [-0.4, -0.2) is 11.6 Å². The first kappa shape index (κ1) is 16.1. The summed E-state index contributed by atoms with van der Waals surface area (Å²) in [4.78, 5) is 25.9. The Labute approximate surface area is 156 Å². The fourth-order valence-corrected chi connectivity index (χ4v) is 4.00. The first-order chi connectivity index (χ1) is 12.1. The van der Waals surface area contributed by atoms with Gasteiger partial charge in [0.25, 0.3) is 0 Å². The highest BCUT2D eigenvalue weighted by Gasteiger charge is 2.32. The highest BCUT2D eigenvalue weighted by Crippen LogP contribution is 2.37. The van der Waals surface area contributed by atoms with E-state index >= 15 is 0 Å². The minimum Gasteiger partial charge on any atom is -0.449 e. The topological polar surface area (TPSA) is 47.3 Å². The predicted octanol–water partition coefficient (Wildman–Crippen LogP) is 5.66. The molecule has 0 aliphatic heterocycles. The number of rotatable bonds is 3. The van der Waals surface area contributed by atoms with E-state index in [1.54, 1.807) is 30.3 Å². The monoisotopic (exact) mass is 410 g/mol. The van der Waals surface area contributed by atoms with E-state index in [0.717, 1.165) is 9.37 Å². The molecule has 25 heavy (non-hydrogen) atoms. The number of ketones is 2. The average Bonchev–Trinajstić information content (AvgIpc) is 3.09. The Kier molecular flexibility index (Phi) is 4.19. The predicted molar refractivity (Wildman–Crippen MR) is 100 cm³/mol. The molecule has 3 nitrogen and oxygen atoms in total. The van der Waals surface area contributed by atoms with E-state index in [-0.39, 0.29) is 17.1 Å². The van der Waals surface area contributed by atoms with Crippen LogP contribution in [0.5, 0.6) is 0 Å². The first-order valence-electron chi connectivity index (χ1n) is 7.56. The van der Waals surface area contributed by atoms with Gasteiger partial charge in [0.15, 0.2) is 16.7 Å². The molecule has 0 unspecified atom stereocenters. The van der Waals surface area contributed by atoms with Crippen LogP contribution < -0.4 is 0 Å². The van der Waals surface area contributed by atoms with Crippen LogP contribution >= 0.6 is 27.7 Å². The third kappa shape index (κ3) is 3.01. The molecule has 0 amide bonds. The molecule has 1 aliphatic carbocycles. The van der Waals surface area contributed by atoms with Crippen molar-refractivity contribution in [2.24, 2.45) is 0 Å². The molecular weight excluding hydrogens is 400 g/mol. The Morgan fingerprint density at radius 1 is 0.880 bits per heavy atom. The molecule has 0 atom stereocenters. The van der Waals surface area contributed by atoms with Gasteiger partial charge in [-0.2, -0.15) is 0 Å². The van der Waals surface area contributed by atoms with E-state index < -0.39 is 0 Å². The zero-order valence-electron chi connectivity index (χ0n) is 12.9. The quantitative estimate of drug-likeness (QED) is 0.413. The molecule has 0 fully saturated rings. The molecule has 1 aliphatic rings. The highest BCUT2D eigenvalue weighted by atomic mass is 79.9. The summed E-state index contributed by atoms with van der Waals surface area (Å²) in [7, 11) is 0. The van der Waals surface area contributed by atoms with Crippen LogP contribution in [0, 0.1) is 0 Å². The van der Waals surface area contributed by atoms with Crippen molar-refractivity contribution in [1.82, 2.24) is 0 Å². The van der Waals surface area contributed by atoms with Crippen LogP contribution in [0.15, 0.2) is 85.1 Å². The van der Waals surface area contributed by atoms with Gasteiger partial charge in [-0.3, -0.25) is 9.59 Å². The summed E-state index contributed by atoms with van der Waals surface area (Å²) in [5, 5.41) is 0.674. The normalized spacial score (nSPS) is 13.2. The SMILES string of the molecule is O=C1C(=Cc2cc(Br)c(Sc3ccccc3)o2)C(=O)c2ccccc21. The van der Waals surface area contributed by atoms with E-state index in [4.69, 9.17) is 4.42 Å². The molecule has 1 heterocycles. The zero-order chi connectivity index (χ0) is 17.4. The molecule has 1 aromatic heterocycles. The Balaban J connectivity index is 1.66. The summed E-state index contributed by atoms with van der Waals surface area (Å²) in [5.74, 6) is -0.0504. The number of benzene rings is 2. The van der Waals surface area contributed by atoms with Crippen LogP contribution in [0.3, 0.4) is 0 Å². The van der Waals surface area contributed by atoms with E-state index in [1.165, 1.54) is 17.8 Å². The van der Waals surface area contributed by atoms with Crippen molar-refractivity contribution in [3.8, 4) is 0 Å². The second-order valence-corrected chi connectivity index (χ2v) is 7.36. The van der Waals surface area contributed by atoms with Crippen molar-refractivity contribution in [2.75, 3.05) is 0 Å². The lowest BCUT2D eigenvalue weighted by Gasteiger charge is -1.97. The van der Waals surface area contributed by atoms with Gasteiger partial charge in [0.05, 0.1) is 10.0 Å². The molecule has 122 valence electrons. The number of hydrogen-bond acceptors (Lipinski definition) is 4. The third-order valence-electron chi connectivity index (χ3n) is 3.82. The highest BCUT2D eigenvalue weighted by molar-refractivity contribution is 9.10. The van der Waals surface area contributed by atoms with Gasteiger partial charge >= 0.3 is 0 Å². The van der Waals surface area contributed by atoms with Crippen molar-refractivity contribution >= 4 is 45.3 Å². The van der Waals surface area contributed by atoms with Gasteiger partial charge in [0.2, 0.25) is 0 Å². The molecule has 0 saturated carbocycles. The largest absolute Gasteiger partial charge is 0.449 e. The fourth-order valence-electron chi connectivity index (χ4n) is 2.65.